The van der Waals surface area contributed by atoms with Crippen molar-refractivity contribution < 1.29 is 17.9 Å². The maximum Gasteiger partial charge on any atom is 0.255 e. The predicted octanol–water partition coefficient (Wildman–Crippen LogP) is 1.23. The zero-order valence-corrected chi connectivity index (χ0v) is 12.9. The van der Waals surface area contributed by atoms with Gasteiger partial charge >= 0.3 is 0 Å². The number of benzene rings is 1. The lowest BCUT2D eigenvalue weighted by Gasteiger charge is -2.18. The average Bonchev–Trinajstić information content (AvgIpc) is 2.38. The molecule has 1 rings (SSSR count). The van der Waals surface area contributed by atoms with Crippen LogP contribution in [-0.4, -0.2) is 38.3 Å². The number of hydrogen-bond acceptors (Lipinski definition) is 4. The Labute approximate surface area is 123 Å². The highest BCUT2D eigenvalue weighted by molar-refractivity contribution is 7.89. The third-order valence-corrected chi connectivity index (χ3v) is 4.96. The van der Waals surface area contributed by atoms with Crippen LogP contribution in [-0.2, 0) is 14.8 Å². The van der Waals surface area contributed by atoms with E-state index in [0.717, 1.165) is 0 Å². The first-order valence-corrected chi connectivity index (χ1v) is 7.85. The van der Waals surface area contributed by atoms with Crippen LogP contribution in [0.4, 0.5) is 0 Å². The Kier molecular flexibility index (Phi) is 5.79. The van der Waals surface area contributed by atoms with Crippen molar-refractivity contribution in [3.8, 4) is 5.75 Å². The molecule has 20 heavy (non-hydrogen) atoms. The van der Waals surface area contributed by atoms with Crippen LogP contribution in [0.2, 0.25) is 5.02 Å². The molecular weight excluding hydrogens is 304 g/mol. The predicted molar refractivity (Wildman–Crippen MR) is 76.2 cm³/mol. The fraction of sp³-hybridized carbons (Fsp3) is 0.417. The molecule has 8 heteroatoms. The number of hydrogen-bond donors (Lipinski definition) is 1. The lowest BCUT2D eigenvalue weighted by Crippen LogP contribution is -2.30. The molecule has 2 N–H and O–H groups in total. The van der Waals surface area contributed by atoms with Crippen LogP contribution < -0.4 is 10.5 Å². The quantitative estimate of drug-likeness (QED) is 0.818. The summed E-state index contributed by atoms with van der Waals surface area (Å²) in [5, 5.41) is 0.111. The fourth-order valence-electron chi connectivity index (χ4n) is 1.62. The third kappa shape index (κ3) is 3.84. The second kappa shape index (κ2) is 6.92. The molecule has 6 nitrogen and oxygen atoms in total. The van der Waals surface area contributed by atoms with Gasteiger partial charge in [0.05, 0.1) is 9.92 Å². The Balaban J connectivity index is 3.05. The summed E-state index contributed by atoms with van der Waals surface area (Å²) in [7, 11) is -3.57. The molecule has 0 spiro atoms. The van der Waals surface area contributed by atoms with E-state index in [4.69, 9.17) is 22.1 Å². The molecular formula is C12H17ClN2O4S. The maximum atomic E-state index is 12.3. The molecule has 1 aromatic carbocycles. The molecule has 0 aromatic heterocycles. The molecule has 0 radical (unpaired) electrons. The Morgan fingerprint density at radius 1 is 1.35 bits per heavy atom. The topological polar surface area (TPSA) is 89.7 Å². The molecule has 0 heterocycles. The molecule has 0 atom stereocenters. The van der Waals surface area contributed by atoms with Crippen molar-refractivity contribution in [2.75, 3.05) is 19.7 Å². The summed E-state index contributed by atoms with van der Waals surface area (Å²) in [6.07, 6.45) is 0. The van der Waals surface area contributed by atoms with Crippen molar-refractivity contribution >= 4 is 27.5 Å². The maximum absolute atomic E-state index is 12.3. The first-order chi connectivity index (χ1) is 9.32. The Bertz CT molecular complexity index is 585. The fourth-order valence-corrected chi connectivity index (χ4v) is 3.41. The van der Waals surface area contributed by atoms with Gasteiger partial charge in [-0.25, -0.2) is 8.42 Å². The first-order valence-electron chi connectivity index (χ1n) is 6.03. The summed E-state index contributed by atoms with van der Waals surface area (Å²) in [4.78, 5) is 10.7. The number of rotatable bonds is 7. The standard InChI is InChI=1S/C12H17ClN2O4S/c1-3-15(4-2)20(17,18)9-5-6-11(10(13)7-9)19-8-12(14)16/h5-7H,3-4,8H2,1-2H3,(H2,14,16). The molecule has 0 bridgehead atoms. The number of primary amides is 1. The van der Waals surface area contributed by atoms with Crippen molar-refractivity contribution in [1.82, 2.24) is 4.31 Å². The molecule has 1 aromatic rings. The zero-order valence-electron chi connectivity index (χ0n) is 11.3. The second-order valence-corrected chi connectivity index (χ2v) is 6.28. The van der Waals surface area contributed by atoms with Gasteiger partial charge in [0, 0.05) is 13.1 Å². The smallest absolute Gasteiger partial charge is 0.255 e. The van der Waals surface area contributed by atoms with E-state index in [1.54, 1.807) is 13.8 Å². The number of halogens is 1. The summed E-state index contributed by atoms with van der Waals surface area (Å²) in [6.45, 7) is 3.94. The zero-order chi connectivity index (χ0) is 15.3. The van der Waals surface area contributed by atoms with Crippen LogP contribution in [0.15, 0.2) is 23.1 Å². The van der Waals surface area contributed by atoms with Gasteiger partial charge in [-0.1, -0.05) is 25.4 Å². The lowest BCUT2D eigenvalue weighted by molar-refractivity contribution is -0.119. The van der Waals surface area contributed by atoms with Crippen LogP contribution >= 0.6 is 11.6 Å². The van der Waals surface area contributed by atoms with Gasteiger partial charge in [0.1, 0.15) is 5.75 Å². The number of nitrogens with two attached hydrogens (primary N) is 1. The van der Waals surface area contributed by atoms with Crippen LogP contribution in [0.3, 0.4) is 0 Å². The highest BCUT2D eigenvalue weighted by Crippen LogP contribution is 2.28. The van der Waals surface area contributed by atoms with Gasteiger partial charge in [-0.3, -0.25) is 4.79 Å². The van der Waals surface area contributed by atoms with Gasteiger partial charge in [-0.05, 0) is 18.2 Å². The van der Waals surface area contributed by atoms with Crippen molar-refractivity contribution in [3.05, 3.63) is 23.2 Å². The van der Waals surface area contributed by atoms with Crippen LogP contribution in [0.5, 0.6) is 5.75 Å². The van der Waals surface area contributed by atoms with E-state index >= 15 is 0 Å². The monoisotopic (exact) mass is 320 g/mol. The summed E-state index contributed by atoms with van der Waals surface area (Å²) < 4.78 is 30.9. The van der Waals surface area contributed by atoms with E-state index in [1.807, 2.05) is 0 Å². The van der Waals surface area contributed by atoms with Crippen LogP contribution in [0.1, 0.15) is 13.8 Å². The molecule has 0 aliphatic heterocycles. The van der Waals surface area contributed by atoms with Crippen LogP contribution in [0, 0.1) is 0 Å². The SMILES string of the molecule is CCN(CC)S(=O)(=O)c1ccc(OCC(N)=O)c(Cl)c1. The number of nitrogens with zero attached hydrogens (tertiary/aromatic N) is 1. The van der Waals surface area contributed by atoms with E-state index in [-0.39, 0.29) is 22.3 Å². The van der Waals surface area contributed by atoms with E-state index in [0.29, 0.717) is 13.1 Å². The number of carbonyl (C=O) groups excluding carboxylic acids is 1. The number of carbonyl (C=O) groups is 1. The molecule has 1 amide bonds. The van der Waals surface area contributed by atoms with E-state index < -0.39 is 15.9 Å². The van der Waals surface area contributed by atoms with Gasteiger partial charge in [0.15, 0.2) is 6.61 Å². The second-order valence-electron chi connectivity index (χ2n) is 3.94. The van der Waals surface area contributed by atoms with Crippen molar-refractivity contribution in [3.63, 3.8) is 0 Å². The van der Waals surface area contributed by atoms with E-state index in [1.165, 1.54) is 22.5 Å². The molecule has 0 unspecified atom stereocenters. The van der Waals surface area contributed by atoms with Gasteiger partial charge < -0.3 is 10.5 Å². The van der Waals surface area contributed by atoms with E-state index in [9.17, 15) is 13.2 Å². The van der Waals surface area contributed by atoms with Gasteiger partial charge in [0.2, 0.25) is 10.0 Å². The van der Waals surface area contributed by atoms with Gasteiger partial charge in [-0.2, -0.15) is 4.31 Å². The summed E-state index contributed by atoms with van der Waals surface area (Å²) in [5.41, 5.74) is 4.96. The first kappa shape index (κ1) is 16.7. The molecule has 112 valence electrons. The largest absolute Gasteiger partial charge is 0.482 e. The lowest BCUT2D eigenvalue weighted by atomic mass is 10.3. The number of sulfonamides is 1. The van der Waals surface area contributed by atoms with Gasteiger partial charge in [-0.15, -0.1) is 0 Å². The number of ether oxygens (including phenoxy) is 1. The summed E-state index contributed by atoms with van der Waals surface area (Å²) in [5.74, 6) is -0.426. The highest BCUT2D eigenvalue weighted by atomic mass is 35.5. The minimum absolute atomic E-state index is 0.0811. The van der Waals surface area contributed by atoms with Crippen molar-refractivity contribution in [1.29, 1.82) is 0 Å². The molecule has 0 fully saturated rings. The van der Waals surface area contributed by atoms with E-state index in [2.05, 4.69) is 0 Å². The average molecular weight is 321 g/mol. The van der Waals surface area contributed by atoms with Crippen molar-refractivity contribution in [2.24, 2.45) is 5.73 Å². The Morgan fingerprint density at radius 3 is 2.40 bits per heavy atom. The molecule has 0 aliphatic rings. The molecule has 0 aliphatic carbocycles. The highest BCUT2D eigenvalue weighted by Gasteiger charge is 2.22. The minimum Gasteiger partial charge on any atom is -0.482 e. The third-order valence-electron chi connectivity index (χ3n) is 2.62. The summed E-state index contributed by atoms with van der Waals surface area (Å²) in [6, 6.07) is 4.09. The molecule has 0 saturated carbocycles. The normalized spacial score (nSPS) is 11.6. The van der Waals surface area contributed by atoms with Crippen LogP contribution in [0.25, 0.3) is 0 Å². The molecule has 0 saturated heterocycles. The Hall–Kier alpha value is -1.31. The Morgan fingerprint density at radius 2 is 1.95 bits per heavy atom. The van der Waals surface area contributed by atoms with Gasteiger partial charge in [0.25, 0.3) is 5.91 Å². The number of amides is 1. The minimum atomic E-state index is -3.57. The van der Waals surface area contributed by atoms with Crippen molar-refractivity contribution in [2.45, 2.75) is 18.7 Å². The summed E-state index contributed by atoms with van der Waals surface area (Å²) >= 11 is 5.95.